The minimum atomic E-state index is -5.40. The molecule has 230 valence electrons. The molecule has 1 fully saturated rings. The van der Waals surface area contributed by atoms with Gasteiger partial charge in [-0.2, -0.15) is 0 Å². The van der Waals surface area contributed by atoms with Crippen molar-refractivity contribution in [3.63, 3.8) is 0 Å². The van der Waals surface area contributed by atoms with E-state index in [2.05, 4.69) is 26.1 Å². The molecule has 1 saturated heterocycles. The number of anilines is 1. The largest absolute Gasteiger partial charge is 1.00 e. The second kappa shape index (κ2) is 15.8. The number of esters is 1. The van der Waals surface area contributed by atoms with Crippen LogP contribution < -0.4 is 45.5 Å². The van der Waals surface area contributed by atoms with Gasteiger partial charge in [0, 0.05) is 24.6 Å². The molecule has 0 unspecified atom stereocenters. The normalized spacial score (nSPS) is 16.1. The Hall–Kier alpha value is -3.73. The Balaban J connectivity index is 0.00000675. The number of nitrogens with one attached hydrogen (secondary N) is 3. The number of amides is 4. The van der Waals surface area contributed by atoms with Gasteiger partial charge in [0.15, 0.2) is 27.2 Å². The van der Waals surface area contributed by atoms with Gasteiger partial charge >= 0.3 is 35.5 Å². The summed E-state index contributed by atoms with van der Waals surface area (Å²) in [6.07, 6.45) is 0. The van der Waals surface area contributed by atoms with Crippen LogP contribution >= 0.6 is 22.9 Å². The summed E-state index contributed by atoms with van der Waals surface area (Å²) >= 11 is 6.27. The first kappa shape index (κ1) is 36.5. The number of benzene rings is 1. The molecule has 0 aliphatic carbocycles. The van der Waals surface area contributed by atoms with Gasteiger partial charge in [-0.05, 0) is 17.7 Å². The van der Waals surface area contributed by atoms with Crippen molar-refractivity contribution in [3.05, 3.63) is 51.0 Å². The van der Waals surface area contributed by atoms with E-state index in [1.54, 1.807) is 0 Å². The number of carbonyl (C=O) groups excluding carboxylic acids is 5. The number of nitrogens with zero attached hydrogens (tertiary/aromatic N) is 4. The minimum Gasteiger partial charge on any atom is -0.731 e. The number of alkyl halides is 1. The number of ether oxygens (including phenoxy) is 1. The minimum absolute atomic E-state index is 0. The van der Waals surface area contributed by atoms with Crippen molar-refractivity contribution in [1.29, 1.82) is 0 Å². The zero-order chi connectivity index (χ0) is 31.9. The van der Waals surface area contributed by atoms with Crippen LogP contribution in [0.2, 0.25) is 0 Å². The second-order valence-corrected chi connectivity index (χ2v) is 10.5. The maximum Gasteiger partial charge on any atom is 1.00 e. The Bertz CT molecular complexity index is 1590. The van der Waals surface area contributed by atoms with Gasteiger partial charge in [0.25, 0.3) is 17.5 Å². The summed E-state index contributed by atoms with van der Waals surface area (Å²) in [5.41, 5.74) is -0.680. The van der Waals surface area contributed by atoms with Crippen LogP contribution in [0.3, 0.4) is 0 Å². The van der Waals surface area contributed by atoms with E-state index in [-0.39, 0.29) is 57.0 Å². The molecule has 1 aromatic carbocycles. The number of nitro benzene ring substituents is 1. The molecule has 19 nitrogen and oxygen atoms in total. The van der Waals surface area contributed by atoms with Crippen molar-refractivity contribution in [3.8, 4) is 0 Å². The Kier molecular flexibility index (Phi) is 13.1. The maximum atomic E-state index is 13.1. The Morgan fingerprint density at radius 3 is 2.45 bits per heavy atom. The fraction of sp³-hybridized carbons (Fsp3) is 0.286. The van der Waals surface area contributed by atoms with E-state index < -0.39 is 75.1 Å². The van der Waals surface area contributed by atoms with Crippen LogP contribution in [0.4, 0.5) is 10.8 Å². The molecule has 0 saturated carbocycles. The zero-order valence-corrected chi connectivity index (χ0v) is 26.9. The van der Waals surface area contributed by atoms with E-state index in [9.17, 15) is 47.1 Å². The third kappa shape index (κ3) is 9.14. The summed E-state index contributed by atoms with van der Waals surface area (Å²) in [5.74, 6) is -5.74. The van der Waals surface area contributed by atoms with Gasteiger partial charge in [0.2, 0.25) is 18.4 Å². The van der Waals surface area contributed by atoms with Gasteiger partial charge in [0.05, 0.1) is 4.92 Å². The van der Waals surface area contributed by atoms with Gasteiger partial charge in [0.1, 0.15) is 24.2 Å². The third-order valence-corrected chi connectivity index (χ3v) is 7.20. The molecule has 23 heteroatoms. The Morgan fingerprint density at radius 1 is 1.23 bits per heavy atom. The summed E-state index contributed by atoms with van der Waals surface area (Å²) in [6.45, 7) is -1.13. The molecule has 44 heavy (non-hydrogen) atoms. The molecule has 4 amide bonds. The van der Waals surface area contributed by atoms with Gasteiger partial charge in [-0.25, -0.2) is 22.5 Å². The Labute approximate surface area is 278 Å². The molecule has 1 aliphatic heterocycles. The number of hydrogen-bond donors (Lipinski definition) is 3. The predicted octanol–water partition coefficient (Wildman–Crippen LogP) is -4.40. The third-order valence-electron chi connectivity index (χ3n) is 5.31. The molecule has 0 bridgehead atoms. The average Bonchev–Trinajstić information content (AvgIpc) is 3.42. The summed E-state index contributed by atoms with van der Waals surface area (Å²) in [7, 11) is -4.30. The molecule has 1 aromatic heterocycles. The van der Waals surface area contributed by atoms with Crippen molar-refractivity contribution in [1.82, 2.24) is 19.9 Å². The van der Waals surface area contributed by atoms with Crippen molar-refractivity contribution >= 4 is 79.4 Å². The summed E-state index contributed by atoms with van der Waals surface area (Å²) in [6, 6.07) is 1.43. The summed E-state index contributed by atoms with van der Waals surface area (Å²) < 4.78 is 39.1. The van der Waals surface area contributed by atoms with E-state index in [0.29, 0.717) is 5.56 Å². The zero-order valence-electron chi connectivity index (χ0n) is 22.5. The molecule has 2 aromatic rings. The Morgan fingerprint density at radius 2 is 1.89 bits per heavy atom. The quantitative estimate of drug-likeness (QED) is 0.0263. The number of hydrogen-bond acceptors (Lipinski definition) is 15. The van der Waals surface area contributed by atoms with Crippen LogP contribution in [0.5, 0.6) is 0 Å². The number of halogens is 1. The molecule has 2 atom stereocenters. The fourth-order valence-electron chi connectivity index (χ4n) is 3.33. The van der Waals surface area contributed by atoms with Gasteiger partial charge < -0.3 is 30.1 Å². The first-order valence-electron chi connectivity index (χ1n) is 11.5. The van der Waals surface area contributed by atoms with Crippen LogP contribution in [0.25, 0.3) is 0 Å². The van der Waals surface area contributed by atoms with E-state index >= 15 is 0 Å². The number of non-ortho nitro benzene ring substituents is 1. The van der Waals surface area contributed by atoms with E-state index in [1.165, 1.54) is 29.6 Å². The van der Waals surface area contributed by atoms with Crippen LogP contribution in [0, 0.1) is 10.1 Å². The number of aromatic nitrogens is 1. The van der Waals surface area contributed by atoms with Gasteiger partial charge in [-0.3, -0.25) is 29.3 Å². The standard InChI is InChI=1S/C21H20ClN7O12S2.Na/c1-23-19(33)17-16(20(34)28(17)43(37,38)39)26-18(32)15(12-9-42-21(24-12)25-13(30)6-22)27-41-8-14(31)40-7-10-2-4-11(5-3-10)29(35)36;/h2-5,9,16-17H,6-8H2,1H3,(H,23,33)(H,26,32)(H,24,25,30)(H,37,38,39);/q;+1/p-1/b27-15-;/t16-,17-;/m1./s1. The molecule has 3 rings (SSSR count). The van der Waals surface area contributed by atoms with Crippen LogP contribution in [0.1, 0.15) is 11.3 Å². The second-order valence-electron chi connectivity index (χ2n) is 8.12. The molecule has 2 heterocycles. The predicted molar refractivity (Wildman–Crippen MR) is 143 cm³/mol. The first-order chi connectivity index (χ1) is 20.3. The smallest absolute Gasteiger partial charge is 0.731 e. The number of carbonyl (C=O) groups is 5. The number of likely N-dealkylation sites (N-methyl/N-ethyl adjacent to an activating group) is 1. The van der Waals surface area contributed by atoms with Gasteiger partial charge in [-0.15, -0.1) is 22.9 Å². The maximum absolute atomic E-state index is 13.1. The van der Waals surface area contributed by atoms with E-state index in [0.717, 1.165) is 18.4 Å². The number of thiazole rings is 1. The molecular formula is C21H19ClN7NaO12S2. The monoisotopic (exact) mass is 683 g/mol. The molecular weight excluding hydrogens is 665 g/mol. The number of nitro groups is 1. The van der Waals surface area contributed by atoms with Crippen LogP contribution in [-0.2, 0) is 50.5 Å². The van der Waals surface area contributed by atoms with E-state index in [1.807, 2.05) is 0 Å². The van der Waals surface area contributed by atoms with Crippen molar-refractivity contribution in [2.75, 3.05) is 24.9 Å². The topological polar surface area (TPSA) is 269 Å². The molecule has 0 spiro atoms. The van der Waals surface area contributed by atoms with Crippen molar-refractivity contribution in [2.24, 2.45) is 5.16 Å². The van der Waals surface area contributed by atoms with Crippen LogP contribution in [-0.4, -0.2) is 94.1 Å². The first-order valence-corrected chi connectivity index (χ1v) is 14.3. The van der Waals surface area contributed by atoms with Crippen molar-refractivity contribution in [2.45, 2.75) is 18.7 Å². The number of rotatable bonds is 13. The SMILES string of the molecule is CNC(=O)[C@H]1[C@@H](NC(=O)/C(=N\OCC(=O)OCc2ccc([N+](=O)[O-])cc2)c2csc(NC(=O)CCl)n2)C(=O)N1S(=O)(=O)[O-].[Na+]. The molecule has 0 radical (unpaired) electrons. The number of β-lactam (4-membered cyclic amide) rings is 1. The van der Waals surface area contributed by atoms with Gasteiger partial charge in [-0.1, -0.05) is 5.16 Å². The number of oxime groups is 1. The fourth-order valence-corrected chi connectivity index (χ4v) is 4.94. The summed E-state index contributed by atoms with van der Waals surface area (Å²) in [4.78, 5) is 80.3. The van der Waals surface area contributed by atoms with E-state index in [4.69, 9.17) is 21.2 Å². The summed E-state index contributed by atoms with van der Waals surface area (Å²) in [5, 5.41) is 22.0. The van der Waals surface area contributed by atoms with Crippen LogP contribution in [0.15, 0.2) is 34.8 Å². The molecule has 3 N–H and O–H groups in total. The average molecular weight is 684 g/mol. The molecule has 1 aliphatic rings. The van der Waals surface area contributed by atoms with Crippen molar-refractivity contribution < 1.29 is 81.0 Å².